The van der Waals surface area contributed by atoms with E-state index in [1.807, 2.05) is 19.1 Å². The van der Waals surface area contributed by atoms with E-state index in [0.29, 0.717) is 11.3 Å². The van der Waals surface area contributed by atoms with Crippen molar-refractivity contribution < 1.29 is 18.8 Å². The van der Waals surface area contributed by atoms with Crippen molar-refractivity contribution in [2.45, 2.75) is 19.9 Å². The van der Waals surface area contributed by atoms with Crippen molar-refractivity contribution in [2.75, 3.05) is 11.9 Å². The Hall–Kier alpha value is -2.61. The van der Waals surface area contributed by atoms with Crippen LogP contribution in [0.5, 0.6) is 0 Å². The van der Waals surface area contributed by atoms with Crippen LogP contribution in [0.4, 0.5) is 5.69 Å². The van der Waals surface area contributed by atoms with Gasteiger partial charge in [0.2, 0.25) is 11.8 Å². The van der Waals surface area contributed by atoms with Gasteiger partial charge in [0, 0.05) is 10.2 Å². The second kappa shape index (κ2) is 8.48. The molecule has 0 aliphatic carbocycles. The summed E-state index contributed by atoms with van der Waals surface area (Å²) in [5.74, 6) is -1.24. The highest BCUT2D eigenvalue weighted by molar-refractivity contribution is 9.10. The Morgan fingerprint density at radius 2 is 2.00 bits per heavy atom. The number of furan rings is 1. The van der Waals surface area contributed by atoms with E-state index in [0.717, 1.165) is 10.0 Å². The minimum atomic E-state index is -0.787. The van der Waals surface area contributed by atoms with Gasteiger partial charge < -0.3 is 20.4 Å². The molecular weight excluding hydrogens is 390 g/mol. The largest absolute Gasteiger partial charge is 0.472 e. The third kappa shape index (κ3) is 5.46. The van der Waals surface area contributed by atoms with E-state index in [-0.39, 0.29) is 12.5 Å². The third-order valence-electron chi connectivity index (χ3n) is 3.39. The van der Waals surface area contributed by atoms with E-state index < -0.39 is 17.9 Å². The average molecular weight is 408 g/mol. The van der Waals surface area contributed by atoms with Crippen LogP contribution in [0, 0.1) is 6.92 Å². The third-order valence-corrected chi connectivity index (χ3v) is 4.28. The zero-order valence-electron chi connectivity index (χ0n) is 13.8. The van der Waals surface area contributed by atoms with Gasteiger partial charge in [-0.25, -0.2) is 0 Å². The van der Waals surface area contributed by atoms with Gasteiger partial charge in [0.15, 0.2) is 0 Å². The molecule has 0 radical (unpaired) electrons. The van der Waals surface area contributed by atoms with Gasteiger partial charge in [-0.05, 0) is 43.7 Å². The Balaban J connectivity index is 1.79. The van der Waals surface area contributed by atoms with Crippen molar-refractivity contribution in [1.82, 2.24) is 10.6 Å². The quantitative estimate of drug-likeness (QED) is 0.683. The number of rotatable bonds is 6. The molecule has 0 bridgehead atoms. The predicted molar refractivity (Wildman–Crippen MR) is 96.2 cm³/mol. The SMILES string of the molecule is Cc1cc(NC(=O)CNC(=O)C(C)NC(=O)c2ccoc2)ccc1Br. The maximum absolute atomic E-state index is 12.0. The second-order valence-electron chi connectivity index (χ2n) is 5.44. The molecule has 7 nitrogen and oxygen atoms in total. The molecule has 132 valence electrons. The van der Waals surface area contributed by atoms with Crippen molar-refractivity contribution >= 4 is 39.3 Å². The van der Waals surface area contributed by atoms with E-state index >= 15 is 0 Å². The van der Waals surface area contributed by atoms with Crippen LogP contribution in [0.15, 0.2) is 45.7 Å². The highest BCUT2D eigenvalue weighted by Gasteiger charge is 2.17. The summed E-state index contributed by atoms with van der Waals surface area (Å²) in [6, 6.07) is 6.11. The summed E-state index contributed by atoms with van der Waals surface area (Å²) in [4.78, 5) is 35.7. The van der Waals surface area contributed by atoms with Gasteiger partial charge in [0.05, 0.1) is 18.4 Å². The Kier molecular flexibility index (Phi) is 6.35. The number of hydrogen-bond donors (Lipinski definition) is 3. The van der Waals surface area contributed by atoms with E-state index in [1.54, 1.807) is 6.07 Å². The number of hydrogen-bond acceptors (Lipinski definition) is 4. The second-order valence-corrected chi connectivity index (χ2v) is 6.29. The highest BCUT2D eigenvalue weighted by atomic mass is 79.9. The van der Waals surface area contributed by atoms with Gasteiger partial charge in [0.25, 0.3) is 5.91 Å². The molecule has 0 aliphatic heterocycles. The Morgan fingerprint density at radius 1 is 1.24 bits per heavy atom. The first-order valence-corrected chi connectivity index (χ1v) is 8.33. The van der Waals surface area contributed by atoms with Crippen LogP contribution in [0.1, 0.15) is 22.8 Å². The molecule has 3 N–H and O–H groups in total. The van der Waals surface area contributed by atoms with Crippen molar-refractivity contribution in [3.63, 3.8) is 0 Å². The topological polar surface area (TPSA) is 100 Å². The first-order valence-electron chi connectivity index (χ1n) is 7.53. The fourth-order valence-corrected chi connectivity index (χ4v) is 2.23. The van der Waals surface area contributed by atoms with Crippen molar-refractivity contribution in [1.29, 1.82) is 0 Å². The van der Waals surface area contributed by atoms with Crippen LogP contribution in [-0.4, -0.2) is 30.3 Å². The molecule has 1 heterocycles. The van der Waals surface area contributed by atoms with Crippen LogP contribution in [-0.2, 0) is 9.59 Å². The Labute approximate surface area is 153 Å². The summed E-state index contributed by atoms with van der Waals surface area (Å²) < 4.78 is 5.76. The van der Waals surface area contributed by atoms with Gasteiger partial charge in [-0.2, -0.15) is 0 Å². The van der Waals surface area contributed by atoms with Gasteiger partial charge in [0.1, 0.15) is 12.3 Å². The number of carbonyl (C=O) groups excluding carboxylic acids is 3. The summed E-state index contributed by atoms with van der Waals surface area (Å²) in [7, 11) is 0. The lowest BCUT2D eigenvalue weighted by Crippen LogP contribution is -2.46. The predicted octanol–water partition coefficient (Wildman–Crippen LogP) is 2.22. The molecule has 1 atom stereocenters. The Morgan fingerprint density at radius 3 is 2.64 bits per heavy atom. The van der Waals surface area contributed by atoms with Gasteiger partial charge >= 0.3 is 0 Å². The maximum Gasteiger partial charge on any atom is 0.255 e. The fraction of sp³-hybridized carbons (Fsp3) is 0.235. The van der Waals surface area contributed by atoms with Gasteiger partial charge in [-0.15, -0.1) is 0 Å². The van der Waals surface area contributed by atoms with Crippen molar-refractivity contribution in [3.05, 3.63) is 52.4 Å². The first kappa shape index (κ1) is 18.7. The molecule has 1 unspecified atom stereocenters. The molecule has 1 aromatic heterocycles. The van der Waals surface area contributed by atoms with Crippen LogP contribution in [0.2, 0.25) is 0 Å². The lowest BCUT2D eigenvalue weighted by molar-refractivity contribution is -0.125. The summed E-state index contributed by atoms with van der Waals surface area (Å²) in [6.45, 7) is 3.25. The molecular formula is C17H18BrN3O4. The van der Waals surface area contributed by atoms with Crippen LogP contribution in [0.25, 0.3) is 0 Å². The lowest BCUT2D eigenvalue weighted by Gasteiger charge is -2.13. The molecule has 3 amide bonds. The summed E-state index contributed by atoms with van der Waals surface area (Å²) in [6.07, 6.45) is 2.65. The molecule has 0 saturated heterocycles. The normalized spacial score (nSPS) is 11.5. The van der Waals surface area contributed by atoms with E-state index in [1.165, 1.54) is 25.5 Å². The van der Waals surface area contributed by atoms with Gasteiger partial charge in [-0.1, -0.05) is 15.9 Å². The minimum Gasteiger partial charge on any atom is -0.472 e. The summed E-state index contributed by atoms with van der Waals surface area (Å²) >= 11 is 3.39. The molecule has 0 spiro atoms. The highest BCUT2D eigenvalue weighted by Crippen LogP contribution is 2.19. The van der Waals surface area contributed by atoms with Crippen LogP contribution >= 0.6 is 15.9 Å². The molecule has 1 aromatic carbocycles. The molecule has 2 rings (SSSR count). The maximum atomic E-state index is 12.0. The number of benzene rings is 1. The molecule has 0 fully saturated rings. The van der Waals surface area contributed by atoms with Gasteiger partial charge in [-0.3, -0.25) is 14.4 Å². The van der Waals surface area contributed by atoms with Crippen LogP contribution < -0.4 is 16.0 Å². The smallest absolute Gasteiger partial charge is 0.255 e. The summed E-state index contributed by atoms with van der Waals surface area (Å²) in [5, 5.41) is 7.70. The molecule has 25 heavy (non-hydrogen) atoms. The number of anilines is 1. The zero-order valence-corrected chi connectivity index (χ0v) is 15.3. The molecule has 0 saturated carbocycles. The number of carbonyl (C=O) groups is 3. The van der Waals surface area contributed by atoms with Crippen molar-refractivity contribution in [3.8, 4) is 0 Å². The number of halogens is 1. The first-order chi connectivity index (χ1) is 11.9. The van der Waals surface area contributed by atoms with Crippen LogP contribution in [0.3, 0.4) is 0 Å². The molecule has 2 aromatic rings. The van der Waals surface area contributed by atoms with E-state index in [2.05, 4.69) is 31.9 Å². The van der Waals surface area contributed by atoms with Crippen molar-refractivity contribution in [2.24, 2.45) is 0 Å². The fourth-order valence-electron chi connectivity index (χ4n) is 1.99. The molecule has 0 aliphatic rings. The average Bonchev–Trinajstić information content (AvgIpc) is 3.10. The molecule has 8 heteroatoms. The number of aryl methyl sites for hydroxylation is 1. The monoisotopic (exact) mass is 407 g/mol. The standard InChI is InChI=1S/C17H18BrN3O4/c1-10-7-13(3-4-14(10)18)21-15(22)8-19-16(23)11(2)20-17(24)12-5-6-25-9-12/h3-7,9,11H,8H2,1-2H3,(H,19,23)(H,20,24)(H,21,22). The lowest BCUT2D eigenvalue weighted by atomic mass is 10.2. The summed E-state index contributed by atoms with van der Waals surface area (Å²) in [5.41, 5.74) is 1.95. The van der Waals surface area contributed by atoms with E-state index in [4.69, 9.17) is 4.42 Å². The Bertz CT molecular complexity index is 774. The minimum absolute atomic E-state index is 0.195. The number of amides is 3. The zero-order chi connectivity index (χ0) is 18.4. The van der Waals surface area contributed by atoms with E-state index in [9.17, 15) is 14.4 Å². The number of nitrogens with one attached hydrogen (secondary N) is 3.